The van der Waals surface area contributed by atoms with Crippen molar-refractivity contribution in [3.8, 4) is 0 Å². The van der Waals surface area contributed by atoms with Crippen molar-refractivity contribution in [1.29, 1.82) is 0 Å². The molecule has 106 valence electrons. The molecule has 2 N–H and O–H groups in total. The van der Waals surface area contributed by atoms with Crippen LogP contribution in [0, 0.1) is 19.8 Å². The molecule has 1 unspecified atom stereocenters. The van der Waals surface area contributed by atoms with Crippen LogP contribution in [-0.4, -0.2) is 35.0 Å². The molecule has 0 radical (unpaired) electrons. The second-order valence-electron chi connectivity index (χ2n) is 5.89. The molecule has 0 aromatic carbocycles. The lowest BCUT2D eigenvalue weighted by atomic mass is 10.1. The summed E-state index contributed by atoms with van der Waals surface area (Å²) in [4.78, 5) is 14.5. The lowest BCUT2D eigenvalue weighted by Gasteiger charge is -2.17. The first kappa shape index (κ1) is 14.1. The van der Waals surface area contributed by atoms with Gasteiger partial charge in [0, 0.05) is 30.5 Å². The van der Waals surface area contributed by atoms with E-state index in [0.29, 0.717) is 18.5 Å². The summed E-state index contributed by atoms with van der Waals surface area (Å²) in [5, 5.41) is 0. The summed E-state index contributed by atoms with van der Waals surface area (Å²) < 4.78 is 2.23. The maximum absolute atomic E-state index is 12.6. The van der Waals surface area contributed by atoms with E-state index >= 15 is 0 Å². The van der Waals surface area contributed by atoms with Crippen LogP contribution in [0.2, 0.25) is 0 Å². The number of nitrogens with two attached hydrogens (primary N) is 1. The summed E-state index contributed by atoms with van der Waals surface area (Å²) in [7, 11) is 0. The van der Waals surface area contributed by atoms with E-state index in [1.54, 1.807) is 0 Å². The van der Waals surface area contributed by atoms with Crippen LogP contribution in [0.1, 0.15) is 48.1 Å². The number of carbonyl (C=O) groups is 1. The maximum atomic E-state index is 12.6. The zero-order valence-corrected chi connectivity index (χ0v) is 12.4. The van der Waals surface area contributed by atoms with Gasteiger partial charge in [-0.2, -0.15) is 0 Å². The van der Waals surface area contributed by atoms with Gasteiger partial charge in [0.2, 0.25) is 0 Å². The Bertz CT molecular complexity index is 476. The van der Waals surface area contributed by atoms with Gasteiger partial charge in [-0.05, 0) is 52.6 Å². The number of aryl methyl sites for hydroxylation is 1. The van der Waals surface area contributed by atoms with Gasteiger partial charge in [0.25, 0.3) is 5.91 Å². The van der Waals surface area contributed by atoms with Crippen LogP contribution in [0.15, 0.2) is 6.07 Å². The van der Waals surface area contributed by atoms with Crippen molar-refractivity contribution in [2.75, 3.05) is 19.6 Å². The summed E-state index contributed by atoms with van der Waals surface area (Å²) in [6.45, 7) is 10.7. The Morgan fingerprint density at radius 2 is 2.16 bits per heavy atom. The highest BCUT2D eigenvalue weighted by atomic mass is 16.2. The Balaban J connectivity index is 2.23. The molecule has 0 aliphatic carbocycles. The minimum Gasteiger partial charge on any atom is -0.346 e. The van der Waals surface area contributed by atoms with Gasteiger partial charge in [0.1, 0.15) is 0 Å². The second kappa shape index (κ2) is 5.37. The quantitative estimate of drug-likeness (QED) is 0.908. The monoisotopic (exact) mass is 263 g/mol. The third-order valence-electron chi connectivity index (χ3n) is 4.14. The van der Waals surface area contributed by atoms with E-state index in [1.165, 1.54) is 0 Å². The Labute approximate surface area is 115 Å². The van der Waals surface area contributed by atoms with Crippen LogP contribution in [0.5, 0.6) is 0 Å². The molecule has 1 aliphatic heterocycles. The first-order valence-electron chi connectivity index (χ1n) is 7.13. The van der Waals surface area contributed by atoms with Crippen molar-refractivity contribution in [2.24, 2.45) is 11.7 Å². The smallest absolute Gasteiger partial charge is 0.255 e. The van der Waals surface area contributed by atoms with Gasteiger partial charge >= 0.3 is 0 Å². The molecule has 1 fully saturated rings. The highest BCUT2D eigenvalue weighted by Crippen LogP contribution is 2.24. The Hall–Kier alpha value is -1.29. The van der Waals surface area contributed by atoms with Crippen LogP contribution in [0.4, 0.5) is 0 Å². The molecular formula is C15H25N3O. The fourth-order valence-corrected chi connectivity index (χ4v) is 3.17. The number of hydrogen-bond donors (Lipinski definition) is 1. The van der Waals surface area contributed by atoms with E-state index in [4.69, 9.17) is 5.73 Å². The average Bonchev–Trinajstić information content (AvgIpc) is 2.93. The topological polar surface area (TPSA) is 51.3 Å². The number of nitrogens with zero attached hydrogens (tertiary/aromatic N) is 2. The number of hydrogen-bond acceptors (Lipinski definition) is 2. The number of aromatic nitrogens is 1. The van der Waals surface area contributed by atoms with Crippen molar-refractivity contribution >= 4 is 5.91 Å². The predicted molar refractivity (Wildman–Crippen MR) is 77.4 cm³/mol. The van der Waals surface area contributed by atoms with Gasteiger partial charge in [-0.25, -0.2) is 0 Å². The number of likely N-dealkylation sites (tertiary alicyclic amines) is 1. The lowest BCUT2D eigenvalue weighted by molar-refractivity contribution is 0.0787. The highest BCUT2D eigenvalue weighted by Gasteiger charge is 2.28. The normalized spacial score (nSPS) is 19.5. The zero-order chi connectivity index (χ0) is 14.2. The molecule has 1 aromatic rings. The summed E-state index contributed by atoms with van der Waals surface area (Å²) in [6, 6.07) is 2.41. The van der Waals surface area contributed by atoms with Crippen molar-refractivity contribution in [1.82, 2.24) is 9.47 Å². The van der Waals surface area contributed by atoms with Crippen molar-refractivity contribution in [3.63, 3.8) is 0 Å². The van der Waals surface area contributed by atoms with E-state index in [1.807, 2.05) is 17.9 Å². The fourth-order valence-electron chi connectivity index (χ4n) is 3.17. The van der Waals surface area contributed by atoms with Gasteiger partial charge in [0.15, 0.2) is 0 Å². The molecular weight excluding hydrogens is 238 g/mol. The number of carbonyl (C=O) groups excluding carboxylic acids is 1. The minimum atomic E-state index is 0.163. The lowest BCUT2D eigenvalue weighted by Crippen LogP contribution is -2.30. The zero-order valence-electron chi connectivity index (χ0n) is 12.4. The molecule has 1 amide bonds. The average molecular weight is 263 g/mol. The standard InChI is InChI=1S/C15H25N3O/c1-10(2)18-11(3)7-14(12(18)4)15(19)17-6-5-13(8-16)9-17/h7,10,13H,5-6,8-9,16H2,1-4H3. The van der Waals surface area contributed by atoms with Crippen molar-refractivity contribution in [3.05, 3.63) is 23.0 Å². The third kappa shape index (κ3) is 2.54. The summed E-state index contributed by atoms with van der Waals surface area (Å²) in [6.07, 6.45) is 1.03. The molecule has 1 aliphatic rings. The van der Waals surface area contributed by atoms with Gasteiger partial charge < -0.3 is 15.2 Å². The maximum Gasteiger partial charge on any atom is 0.255 e. The van der Waals surface area contributed by atoms with Crippen LogP contribution >= 0.6 is 0 Å². The summed E-state index contributed by atoms with van der Waals surface area (Å²) in [5.41, 5.74) is 8.78. The number of amides is 1. The molecule has 4 heteroatoms. The molecule has 2 heterocycles. The van der Waals surface area contributed by atoms with E-state index in [2.05, 4.69) is 25.3 Å². The number of rotatable bonds is 3. The first-order valence-corrected chi connectivity index (χ1v) is 7.13. The predicted octanol–water partition coefficient (Wildman–Crippen LogP) is 2.11. The van der Waals surface area contributed by atoms with E-state index in [0.717, 1.165) is 36.5 Å². The second-order valence-corrected chi connectivity index (χ2v) is 5.89. The third-order valence-corrected chi connectivity index (χ3v) is 4.14. The largest absolute Gasteiger partial charge is 0.346 e. The van der Waals surface area contributed by atoms with Gasteiger partial charge in [0.05, 0.1) is 5.56 Å². The molecule has 2 rings (SSSR count). The Morgan fingerprint density at radius 3 is 2.63 bits per heavy atom. The van der Waals surface area contributed by atoms with Crippen molar-refractivity contribution < 1.29 is 4.79 Å². The fraction of sp³-hybridized carbons (Fsp3) is 0.667. The van der Waals surface area contributed by atoms with Gasteiger partial charge in [-0.1, -0.05) is 0 Å². The van der Waals surface area contributed by atoms with Gasteiger partial charge in [-0.3, -0.25) is 4.79 Å². The molecule has 4 nitrogen and oxygen atoms in total. The van der Waals surface area contributed by atoms with E-state index in [9.17, 15) is 4.79 Å². The van der Waals surface area contributed by atoms with Crippen LogP contribution in [-0.2, 0) is 0 Å². The highest BCUT2D eigenvalue weighted by molar-refractivity contribution is 5.96. The SMILES string of the molecule is Cc1cc(C(=O)N2CCC(CN)C2)c(C)n1C(C)C. The molecule has 0 bridgehead atoms. The van der Waals surface area contributed by atoms with E-state index in [-0.39, 0.29) is 5.91 Å². The first-order chi connectivity index (χ1) is 8.95. The molecule has 1 saturated heterocycles. The van der Waals surface area contributed by atoms with Gasteiger partial charge in [-0.15, -0.1) is 0 Å². The molecule has 1 atom stereocenters. The summed E-state index contributed by atoms with van der Waals surface area (Å²) >= 11 is 0. The van der Waals surface area contributed by atoms with Crippen molar-refractivity contribution in [2.45, 2.75) is 40.2 Å². The molecule has 0 saturated carbocycles. The van der Waals surface area contributed by atoms with E-state index < -0.39 is 0 Å². The Morgan fingerprint density at radius 1 is 1.47 bits per heavy atom. The van der Waals surface area contributed by atoms with Crippen LogP contribution < -0.4 is 5.73 Å². The molecule has 1 aromatic heterocycles. The Kier molecular flexibility index (Phi) is 3.99. The molecule has 19 heavy (non-hydrogen) atoms. The molecule has 0 spiro atoms. The summed E-state index contributed by atoms with van der Waals surface area (Å²) in [5.74, 6) is 0.633. The van der Waals surface area contributed by atoms with Crippen LogP contribution in [0.25, 0.3) is 0 Å². The minimum absolute atomic E-state index is 0.163. The van der Waals surface area contributed by atoms with Crippen LogP contribution in [0.3, 0.4) is 0 Å².